The molecule has 0 amide bonds. The van der Waals surface area contributed by atoms with E-state index in [4.69, 9.17) is 23.8 Å². The fourth-order valence-electron chi connectivity index (χ4n) is 3.14. The molecular formula is C19H16ClN3S2. The van der Waals surface area contributed by atoms with Crippen LogP contribution in [0.15, 0.2) is 60.8 Å². The van der Waals surface area contributed by atoms with E-state index in [1.165, 1.54) is 9.75 Å². The van der Waals surface area contributed by atoms with Gasteiger partial charge in [0.1, 0.15) is 0 Å². The van der Waals surface area contributed by atoms with Crippen LogP contribution in [-0.4, -0.2) is 10.1 Å². The number of pyridine rings is 1. The van der Waals surface area contributed by atoms with Crippen molar-refractivity contribution in [2.24, 2.45) is 0 Å². The van der Waals surface area contributed by atoms with E-state index < -0.39 is 0 Å². The summed E-state index contributed by atoms with van der Waals surface area (Å²) in [5, 5.41) is 4.88. The van der Waals surface area contributed by atoms with Gasteiger partial charge >= 0.3 is 0 Å². The van der Waals surface area contributed by atoms with E-state index in [1.54, 1.807) is 11.3 Å². The summed E-state index contributed by atoms with van der Waals surface area (Å²) in [4.78, 5) is 9.26. The second-order valence-electron chi connectivity index (χ2n) is 5.92. The summed E-state index contributed by atoms with van der Waals surface area (Å²) in [6, 6.07) is 18.2. The number of aromatic nitrogens is 1. The first-order valence-corrected chi connectivity index (χ1v) is 9.56. The maximum absolute atomic E-state index is 6.06. The summed E-state index contributed by atoms with van der Waals surface area (Å²) in [5.74, 6) is 0. The van der Waals surface area contributed by atoms with Gasteiger partial charge in [0.25, 0.3) is 0 Å². The minimum Gasteiger partial charge on any atom is -0.351 e. The molecule has 3 heterocycles. The molecule has 1 aliphatic heterocycles. The van der Waals surface area contributed by atoms with E-state index in [9.17, 15) is 0 Å². The van der Waals surface area contributed by atoms with E-state index in [0.717, 1.165) is 11.4 Å². The molecule has 1 aromatic carbocycles. The van der Waals surface area contributed by atoms with Crippen molar-refractivity contribution in [2.45, 2.75) is 19.0 Å². The second-order valence-corrected chi connectivity index (χ2v) is 8.06. The number of thiophene rings is 1. The Morgan fingerprint density at radius 3 is 2.56 bits per heavy atom. The number of hydrogen-bond donors (Lipinski definition) is 1. The van der Waals surface area contributed by atoms with E-state index in [1.807, 2.05) is 48.7 Å². The van der Waals surface area contributed by atoms with Gasteiger partial charge in [-0.3, -0.25) is 4.98 Å². The fraction of sp³-hybridized carbons (Fsp3) is 0.158. The highest BCUT2D eigenvalue weighted by Gasteiger charge is 2.41. The first-order chi connectivity index (χ1) is 12.1. The Morgan fingerprint density at radius 1 is 1.12 bits per heavy atom. The van der Waals surface area contributed by atoms with Crippen LogP contribution in [0.2, 0.25) is 5.02 Å². The van der Waals surface area contributed by atoms with Crippen molar-refractivity contribution in [3.05, 3.63) is 81.3 Å². The van der Waals surface area contributed by atoms with Crippen molar-refractivity contribution < 1.29 is 0 Å². The molecule has 0 unspecified atom stereocenters. The molecular weight excluding hydrogens is 370 g/mol. The minimum absolute atomic E-state index is 0.00225. The third-order valence-electron chi connectivity index (χ3n) is 4.26. The number of hydrogen-bond acceptors (Lipinski definition) is 3. The number of aryl methyl sites for hydroxylation is 1. The zero-order valence-electron chi connectivity index (χ0n) is 13.5. The van der Waals surface area contributed by atoms with Crippen molar-refractivity contribution in [2.75, 3.05) is 4.90 Å². The molecule has 0 saturated carbocycles. The Kier molecular flexibility index (Phi) is 4.46. The SMILES string of the molecule is Cc1ccc([C@@H]2[C@H](c3ccccn3)NC(=S)N2c2ccc(Cl)cc2)s1. The Morgan fingerprint density at radius 2 is 1.92 bits per heavy atom. The van der Waals surface area contributed by atoms with Crippen LogP contribution in [0.25, 0.3) is 0 Å². The van der Waals surface area contributed by atoms with E-state index in [2.05, 4.69) is 34.3 Å². The molecule has 1 N–H and O–H groups in total. The first kappa shape index (κ1) is 16.5. The molecule has 3 nitrogen and oxygen atoms in total. The molecule has 1 aliphatic rings. The van der Waals surface area contributed by atoms with Gasteiger partial charge in [0.2, 0.25) is 0 Å². The maximum atomic E-state index is 6.06. The molecule has 0 aliphatic carbocycles. The van der Waals surface area contributed by atoms with Crippen LogP contribution in [0.5, 0.6) is 0 Å². The summed E-state index contributed by atoms with van der Waals surface area (Å²) in [6.45, 7) is 2.12. The number of nitrogens with one attached hydrogen (secondary N) is 1. The lowest BCUT2D eigenvalue weighted by Gasteiger charge is -2.27. The summed E-state index contributed by atoms with van der Waals surface area (Å²) >= 11 is 13.5. The number of rotatable bonds is 3. The van der Waals surface area contributed by atoms with Crippen LogP contribution in [0, 0.1) is 6.92 Å². The molecule has 126 valence electrons. The number of benzene rings is 1. The third kappa shape index (κ3) is 3.15. The molecule has 25 heavy (non-hydrogen) atoms. The Labute approximate surface area is 161 Å². The lowest BCUT2D eigenvalue weighted by atomic mass is 10.0. The highest BCUT2D eigenvalue weighted by Crippen LogP contribution is 2.43. The molecule has 0 spiro atoms. The Hall–Kier alpha value is -1.95. The van der Waals surface area contributed by atoms with E-state index >= 15 is 0 Å². The van der Waals surface area contributed by atoms with Crippen LogP contribution in [0.1, 0.15) is 27.5 Å². The van der Waals surface area contributed by atoms with Crippen LogP contribution < -0.4 is 10.2 Å². The highest BCUT2D eigenvalue weighted by atomic mass is 35.5. The van der Waals surface area contributed by atoms with Crippen molar-refractivity contribution in [3.8, 4) is 0 Å². The topological polar surface area (TPSA) is 28.2 Å². The molecule has 3 aromatic rings. The molecule has 0 radical (unpaired) electrons. The van der Waals surface area contributed by atoms with Gasteiger partial charge in [-0.1, -0.05) is 17.7 Å². The van der Waals surface area contributed by atoms with E-state index in [-0.39, 0.29) is 12.1 Å². The summed E-state index contributed by atoms with van der Waals surface area (Å²) in [6.07, 6.45) is 1.82. The monoisotopic (exact) mass is 385 g/mol. The van der Waals surface area contributed by atoms with Crippen molar-refractivity contribution in [1.29, 1.82) is 0 Å². The van der Waals surface area contributed by atoms with Gasteiger partial charge in [-0.2, -0.15) is 0 Å². The average molecular weight is 386 g/mol. The first-order valence-electron chi connectivity index (χ1n) is 7.96. The number of halogens is 1. The Balaban J connectivity index is 1.81. The van der Waals surface area contributed by atoms with Crippen LogP contribution in [-0.2, 0) is 0 Å². The number of anilines is 1. The third-order valence-corrected chi connectivity index (χ3v) is 5.89. The normalized spacial score (nSPS) is 19.9. The van der Waals surface area contributed by atoms with Gasteiger partial charge in [0, 0.05) is 26.7 Å². The molecule has 2 aromatic heterocycles. The van der Waals surface area contributed by atoms with Crippen LogP contribution in [0.3, 0.4) is 0 Å². The zero-order valence-corrected chi connectivity index (χ0v) is 15.9. The van der Waals surface area contributed by atoms with Gasteiger partial charge in [0.05, 0.1) is 17.8 Å². The van der Waals surface area contributed by atoms with Gasteiger partial charge in [-0.25, -0.2) is 0 Å². The summed E-state index contributed by atoms with van der Waals surface area (Å²) in [7, 11) is 0. The molecule has 0 bridgehead atoms. The Bertz CT molecular complexity index is 893. The highest BCUT2D eigenvalue weighted by molar-refractivity contribution is 7.80. The maximum Gasteiger partial charge on any atom is 0.174 e. The average Bonchev–Trinajstić information content (AvgIpc) is 3.20. The van der Waals surface area contributed by atoms with Crippen molar-refractivity contribution in [3.63, 3.8) is 0 Å². The molecule has 6 heteroatoms. The lowest BCUT2D eigenvalue weighted by Crippen LogP contribution is -2.28. The largest absolute Gasteiger partial charge is 0.351 e. The quantitative estimate of drug-likeness (QED) is 0.620. The molecule has 1 fully saturated rings. The molecule has 2 atom stereocenters. The standard InChI is InChI=1S/C19H16ClN3S2/c1-12-5-10-16(25-12)18-17(15-4-2-3-11-21-15)22-19(24)23(18)14-8-6-13(20)7-9-14/h2-11,17-18H,1H3,(H,22,24)/t17-,18+/m0/s1. The number of thiocarbonyl (C=S) groups is 1. The minimum atomic E-state index is 0.00225. The van der Waals surface area contributed by atoms with Crippen molar-refractivity contribution >= 4 is 46.0 Å². The van der Waals surface area contributed by atoms with Gasteiger partial charge < -0.3 is 10.2 Å². The second kappa shape index (κ2) is 6.75. The summed E-state index contributed by atoms with van der Waals surface area (Å²) in [5.41, 5.74) is 2.01. The molecule has 1 saturated heterocycles. The van der Waals surface area contributed by atoms with E-state index in [0.29, 0.717) is 10.1 Å². The predicted molar refractivity (Wildman–Crippen MR) is 108 cm³/mol. The number of nitrogens with zero attached hydrogens (tertiary/aromatic N) is 2. The smallest absolute Gasteiger partial charge is 0.174 e. The predicted octanol–water partition coefficient (Wildman–Crippen LogP) is 5.28. The fourth-order valence-corrected chi connectivity index (χ4v) is 4.61. The zero-order chi connectivity index (χ0) is 17.4. The van der Waals surface area contributed by atoms with Crippen molar-refractivity contribution in [1.82, 2.24) is 10.3 Å². The van der Waals surface area contributed by atoms with Gasteiger partial charge in [0.15, 0.2) is 5.11 Å². The van der Waals surface area contributed by atoms with Crippen LogP contribution in [0.4, 0.5) is 5.69 Å². The summed E-state index contributed by atoms with van der Waals surface area (Å²) < 4.78 is 0. The van der Waals surface area contributed by atoms with Crippen LogP contribution >= 0.6 is 35.2 Å². The van der Waals surface area contributed by atoms with Gasteiger partial charge in [-0.05, 0) is 67.7 Å². The lowest BCUT2D eigenvalue weighted by molar-refractivity contribution is 0.575. The van der Waals surface area contributed by atoms with Gasteiger partial charge in [-0.15, -0.1) is 11.3 Å². The molecule has 4 rings (SSSR count).